The van der Waals surface area contributed by atoms with Gasteiger partial charge in [0.2, 0.25) is 0 Å². The van der Waals surface area contributed by atoms with E-state index in [-0.39, 0.29) is 18.3 Å². The number of nitrogens with zero attached hydrogens (tertiary/aromatic N) is 1. The number of benzene rings is 1. The van der Waals surface area contributed by atoms with Gasteiger partial charge in [-0.2, -0.15) is 0 Å². The first-order valence-electron chi connectivity index (χ1n) is 6.73. The molecular formula is C14H19F3N2O. The summed E-state index contributed by atoms with van der Waals surface area (Å²) in [7, 11) is 0. The Hall–Kier alpha value is -1.27. The second-order valence-electron chi connectivity index (χ2n) is 5.07. The summed E-state index contributed by atoms with van der Waals surface area (Å²) in [6, 6.07) is 6.32. The molecule has 0 amide bonds. The van der Waals surface area contributed by atoms with Crippen molar-refractivity contribution in [2.24, 2.45) is 5.73 Å². The maximum Gasteiger partial charge on any atom is 0.573 e. The Bertz CT molecular complexity index is 450. The number of likely N-dealkylation sites (tertiary alicyclic amines) is 1. The molecule has 6 heteroatoms. The van der Waals surface area contributed by atoms with Crippen molar-refractivity contribution in [3.63, 3.8) is 0 Å². The SMILES string of the molecule is CC1CCCN1C(CN)c1ccccc1OC(F)(F)F. The molecular weight excluding hydrogens is 269 g/mol. The van der Waals surface area contributed by atoms with Crippen LogP contribution in [0.3, 0.4) is 0 Å². The molecule has 3 nitrogen and oxygen atoms in total. The van der Waals surface area contributed by atoms with E-state index < -0.39 is 6.36 Å². The Labute approximate surface area is 116 Å². The fourth-order valence-corrected chi connectivity index (χ4v) is 2.83. The van der Waals surface area contributed by atoms with E-state index in [1.54, 1.807) is 12.1 Å². The predicted octanol–water partition coefficient (Wildman–Crippen LogP) is 3.07. The highest BCUT2D eigenvalue weighted by atomic mass is 19.4. The first-order chi connectivity index (χ1) is 9.42. The number of nitrogens with two attached hydrogens (primary N) is 1. The number of hydrogen-bond acceptors (Lipinski definition) is 3. The van der Waals surface area contributed by atoms with E-state index >= 15 is 0 Å². The van der Waals surface area contributed by atoms with Crippen LogP contribution in [-0.4, -0.2) is 30.4 Å². The van der Waals surface area contributed by atoms with E-state index in [2.05, 4.69) is 16.6 Å². The first-order valence-corrected chi connectivity index (χ1v) is 6.73. The second-order valence-corrected chi connectivity index (χ2v) is 5.07. The molecule has 20 heavy (non-hydrogen) atoms. The Morgan fingerprint density at radius 1 is 1.40 bits per heavy atom. The molecule has 1 aliphatic rings. The van der Waals surface area contributed by atoms with E-state index in [0.29, 0.717) is 11.6 Å². The van der Waals surface area contributed by atoms with Gasteiger partial charge in [-0.25, -0.2) is 0 Å². The lowest BCUT2D eigenvalue weighted by atomic mass is 10.0. The standard InChI is InChI=1S/C14H19F3N2O/c1-10-5-4-8-19(10)12(9-18)11-6-2-3-7-13(11)20-14(15,16)17/h2-3,6-7,10,12H,4-5,8-9,18H2,1H3. The number of hydrogen-bond donors (Lipinski definition) is 1. The van der Waals surface area contributed by atoms with Crippen LogP contribution in [0.4, 0.5) is 13.2 Å². The smallest absolute Gasteiger partial charge is 0.405 e. The summed E-state index contributed by atoms with van der Waals surface area (Å²) < 4.78 is 41.6. The lowest BCUT2D eigenvalue weighted by Crippen LogP contribution is -2.36. The van der Waals surface area contributed by atoms with Crippen LogP contribution >= 0.6 is 0 Å². The molecule has 0 radical (unpaired) electrons. The van der Waals surface area contributed by atoms with Crippen LogP contribution in [-0.2, 0) is 0 Å². The lowest BCUT2D eigenvalue weighted by molar-refractivity contribution is -0.275. The first kappa shape index (κ1) is 15.1. The fourth-order valence-electron chi connectivity index (χ4n) is 2.83. The van der Waals surface area contributed by atoms with E-state index in [9.17, 15) is 13.2 Å². The maximum absolute atomic E-state index is 12.5. The Balaban J connectivity index is 2.29. The van der Waals surface area contributed by atoms with Gasteiger partial charge in [0.15, 0.2) is 0 Å². The van der Waals surface area contributed by atoms with Crippen LogP contribution in [0.5, 0.6) is 5.75 Å². The largest absolute Gasteiger partial charge is 0.573 e. The van der Waals surface area contributed by atoms with Gasteiger partial charge in [-0.3, -0.25) is 4.90 Å². The molecule has 0 bridgehead atoms. The van der Waals surface area contributed by atoms with Crippen molar-refractivity contribution in [3.05, 3.63) is 29.8 Å². The quantitative estimate of drug-likeness (QED) is 0.925. The summed E-state index contributed by atoms with van der Waals surface area (Å²) in [5.74, 6) is -0.158. The molecule has 0 saturated carbocycles. The second kappa shape index (κ2) is 6.01. The van der Waals surface area contributed by atoms with E-state index in [1.807, 2.05) is 0 Å². The lowest BCUT2D eigenvalue weighted by Gasteiger charge is -2.32. The molecule has 1 fully saturated rings. The Morgan fingerprint density at radius 2 is 2.10 bits per heavy atom. The van der Waals surface area contributed by atoms with Gasteiger partial charge in [-0.05, 0) is 32.4 Å². The maximum atomic E-state index is 12.5. The van der Waals surface area contributed by atoms with Crippen molar-refractivity contribution < 1.29 is 17.9 Å². The van der Waals surface area contributed by atoms with Crippen molar-refractivity contribution >= 4 is 0 Å². The summed E-state index contributed by atoms with van der Waals surface area (Å²) in [4.78, 5) is 2.15. The summed E-state index contributed by atoms with van der Waals surface area (Å²) in [5.41, 5.74) is 6.30. The molecule has 2 N–H and O–H groups in total. The molecule has 1 aromatic rings. The molecule has 0 spiro atoms. The molecule has 1 saturated heterocycles. The van der Waals surface area contributed by atoms with Gasteiger partial charge in [0.1, 0.15) is 5.75 Å². The fraction of sp³-hybridized carbons (Fsp3) is 0.571. The van der Waals surface area contributed by atoms with Crippen LogP contribution < -0.4 is 10.5 Å². The highest BCUT2D eigenvalue weighted by molar-refractivity contribution is 5.36. The minimum absolute atomic E-state index is 0.158. The minimum atomic E-state index is -4.69. The van der Waals surface area contributed by atoms with Crippen molar-refractivity contribution in [3.8, 4) is 5.75 Å². The summed E-state index contributed by atoms with van der Waals surface area (Å²) in [6.45, 7) is 3.19. The summed E-state index contributed by atoms with van der Waals surface area (Å²) in [6.07, 6.45) is -2.61. The van der Waals surface area contributed by atoms with Crippen molar-refractivity contribution in [1.82, 2.24) is 4.90 Å². The topological polar surface area (TPSA) is 38.5 Å². The molecule has 1 aliphatic heterocycles. The third-order valence-corrected chi connectivity index (χ3v) is 3.73. The highest BCUT2D eigenvalue weighted by Crippen LogP contribution is 2.35. The third-order valence-electron chi connectivity index (χ3n) is 3.73. The molecule has 1 heterocycles. The van der Waals surface area contributed by atoms with Crippen molar-refractivity contribution in [2.75, 3.05) is 13.1 Å². The van der Waals surface area contributed by atoms with Gasteiger partial charge >= 0.3 is 6.36 Å². The van der Waals surface area contributed by atoms with Gasteiger partial charge in [0, 0.05) is 18.2 Å². The zero-order valence-corrected chi connectivity index (χ0v) is 11.4. The normalized spacial score (nSPS) is 21.9. The van der Waals surface area contributed by atoms with Crippen LogP contribution in [0.2, 0.25) is 0 Å². The van der Waals surface area contributed by atoms with Crippen LogP contribution in [0.25, 0.3) is 0 Å². The molecule has 2 rings (SSSR count). The van der Waals surface area contributed by atoms with Gasteiger partial charge in [0.25, 0.3) is 0 Å². The predicted molar refractivity (Wildman–Crippen MR) is 70.3 cm³/mol. The van der Waals surface area contributed by atoms with Crippen molar-refractivity contribution in [1.29, 1.82) is 0 Å². The summed E-state index contributed by atoms with van der Waals surface area (Å²) in [5, 5.41) is 0. The average molecular weight is 288 g/mol. The number of para-hydroxylation sites is 1. The van der Waals surface area contributed by atoms with Crippen LogP contribution in [0.1, 0.15) is 31.4 Å². The summed E-state index contributed by atoms with van der Waals surface area (Å²) >= 11 is 0. The van der Waals surface area contributed by atoms with Crippen molar-refractivity contribution in [2.45, 2.75) is 38.2 Å². The zero-order valence-electron chi connectivity index (χ0n) is 11.4. The molecule has 0 aromatic heterocycles. The van der Waals surface area contributed by atoms with Gasteiger partial charge in [0.05, 0.1) is 6.04 Å². The number of halogens is 3. The third kappa shape index (κ3) is 3.43. The molecule has 0 aliphatic carbocycles. The molecule has 2 atom stereocenters. The van der Waals surface area contributed by atoms with E-state index in [1.165, 1.54) is 12.1 Å². The van der Waals surface area contributed by atoms with E-state index in [0.717, 1.165) is 19.4 Å². The zero-order chi connectivity index (χ0) is 14.8. The Morgan fingerprint density at radius 3 is 2.65 bits per heavy atom. The number of rotatable bonds is 4. The van der Waals surface area contributed by atoms with Gasteiger partial charge < -0.3 is 10.5 Å². The number of alkyl halides is 3. The molecule has 112 valence electrons. The van der Waals surface area contributed by atoms with Gasteiger partial charge in [-0.15, -0.1) is 13.2 Å². The number of ether oxygens (including phenoxy) is 1. The van der Waals surface area contributed by atoms with Crippen LogP contribution in [0.15, 0.2) is 24.3 Å². The Kier molecular flexibility index (Phi) is 4.55. The van der Waals surface area contributed by atoms with Crippen LogP contribution in [0, 0.1) is 0 Å². The average Bonchev–Trinajstić information content (AvgIpc) is 2.77. The monoisotopic (exact) mass is 288 g/mol. The molecule has 1 aromatic carbocycles. The minimum Gasteiger partial charge on any atom is -0.405 e. The molecule has 2 unspecified atom stereocenters. The highest BCUT2D eigenvalue weighted by Gasteiger charge is 2.35. The van der Waals surface area contributed by atoms with E-state index in [4.69, 9.17) is 5.73 Å². The van der Waals surface area contributed by atoms with Gasteiger partial charge in [-0.1, -0.05) is 18.2 Å².